The van der Waals surface area contributed by atoms with E-state index >= 15 is 0 Å². The molecule has 18 heavy (non-hydrogen) atoms. The lowest BCUT2D eigenvalue weighted by atomic mass is 10.1. The average Bonchev–Trinajstić information content (AvgIpc) is 2.33. The predicted octanol–water partition coefficient (Wildman–Crippen LogP) is 1.59. The van der Waals surface area contributed by atoms with E-state index in [4.69, 9.17) is 14.2 Å². The fourth-order valence-electron chi connectivity index (χ4n) is 1.61. The molecule has 2 rings (SSSR count). The monoisotopic (exact) mass is 315 g/mol. The Morgan fingerprint density at radius 2 is 1.94 bits per heavy atom. The van der Waals surface area contributed by atoms with Gasteiger partial charge in [-0.05, 0) is 28.1 Å². The number of benzene rings is 1. The molecular weight excluding hydrogens is 302 g/mol. The molecule has 5 nitrogen and oxygen atoms in total. The zero-order chi connectivity index (χ0) is 13.1. The maximum atomic E-state index is 12.0. The van der Waals surface area contributed by atoms with Crippen LogP contribution >= 0.6 is 15.9 Å². The van der Waals surface area contributed by atoms with Crippen molar-refractivity contribution >= 4 is 21.8 Å². The van der Waals surface area contributed by atoms with Gasteiger partial charge in [0, 0.05) is 4.47 Å². The second-order valence-corrected chi connectivity index (χ2v) is 4.75. The van der Waals surface area contributed by atoms with Crippen LogP contribution in [0.5, 0.6) is 11.5 Å². The fourth-order valence-corrected chi connectivity index (χ4v) is 2.11. The van der Waals surface area contributed by atoms with Gasteiger partial charge in [0.1, 0.15) is 0 Å². The summed E-state index contributed by atoms with van der Waals surface area (Å²) in [7, 11) is 3.09. The SMILES string of the molecule is COc1cc(Br)c(C(=O)NC2COC2)cc1OC. The summed E-state index contributed by atoms with van der Waals surface area (Å²) in [5.41, 5.74) is 0.513. The Balaban J connectivity index is 2.23. The summed E-state index contributed by atoms with van der Waals surface area (Å²) in [6.45, 7) is 1.13. The minimum Gasteiger partial charge on any atom is -0.493 e. The molecule has 1 amide bonds. The minimum atomic E-state index is -0.156. The largest absolute Gasteiger partial charge is 0.493 e. The number of methoxy groups -OCH3 is 2. The van der Waals surface area contributed by atoms with E-state index in [0.29, 0.717) is 34.7 Å². The molecule has 0 spiro atoms. The van der Waals surface area contributed by atoms with Crippen LogP contribution in [0.15, 0.2) is 16.6 Å². The van der Waals surface area contributed by atoms with Gasteiger partial charge in [-0.2, -0.15) is 0 Å². The number of hydrogen-bond donors (Lipinski definition) is 1. The number of carbonyl (C=O) groups is 1. The van der Waals surface area contributed by atoms with Gasteiger partial charge >= 0.3 is 0 Å². The van der Waals surface area contributed by atoms with Gasteiger partial charge in [0.05, 0.1) is 39.0 Å². The number of halogens is 1. The summed E-state index contributed by atoms with van der Waals surface area (Å²) in [5.74, 6) is 0.944. The Bertz CT molecular complexity index is 460. The standard InChI is InChI=1S/C12H14BrNO4/c1-16-10-3-8(9(13)4-11(10)17-2)12(15)14-7-5-18-6-7/h3-4,7H,5-6H2,1-2H3,(H,14,15). The molecule has 0 saturated carbocycles. The zero-order valence-corrected chi connectivity index (χ0v) is 11.7. The molecular formula is C12H14BrNO4. The molecule has 0 radical (unpaired) electrons. The van der Waals surface area contributed by atoms with E-state index in [0.717, 1.165) is 0 Å². The Morgan fingerprint density at radius 1 is 1.33 bits per heavy atom. The van der Waals surface area contributed by atoms with Crippen LogP contribution in [0.3, 0.4) is 0 Å². The van der Waals surface area contributed by atoms with Crippen molar-refractivity contribution in [2.45, 2.75) is 6.04 Å². The summed E-state index contributed by atoms with van der Waals surface area (Å²) in [6, 6.07) is 3.46. The first-order chi connectivity index (χ1) is 8.65. The van der Waals surface area contributed by atoms with Crippen molar-refractivity contribution in [3.63, 3.8) is 0 Å². The van der Waals surface area contributed by atoms with Crippen molar-refractivity contribution in [3.8, 4) is 11.5 Å². The van der Waals surface area contributed by atoms with Crippen molar-refractivity contribution in [2.24, 2.45) is 0 Å². The molecule has 98 valence electrons. The maximum Gasteiger partial charge on any atom is 0.252 e. The van der Waals surface area contributed by atoms with Gasteiger partial charge in [-0.1, -0.05) is 0 Å². The molecule has 1 heterocycles. The lowest BCUT2D eigenvalue weighted by molar-refractivity contribution is -0.00348. The highest BCUT2D eigenvalue weighted by Gasteiger charge is 2.23. The van der Waals surface area contributed by atoms with Crippen molar-refractivity contribution < 1.29 is 19.0 Å². The van der Waals surface area contributed by atoms with Gasteiger partial charge in [-0.15, -0.1) is 0 Å². The molecule has 1 aliphatic rings. The summed E-state index contributed by atoms with van der Waals surface area (Å²) in [5, 5.41) is 2.87. The van der Waals surface area contributed by atoms with E-state index < -0.39 is 0 Å². The third-order valence-corrected chi connectivity index (χ3v) is 3.35. The van der Waals surface area contributed by atoms with E-state index in [9.17, 15) is 4.79 Å². The number of hydrogen-bond acceptors (Lipinski definition) is 4. The first kappa shape index (κ1) is 13.2. The molecule has 6 heteroatoms. The van der Waals surface area contributed by atoms with Crippen LogP contribution in [0.1, 0.15) is 10.4 Å². The molecule has 1 N–H and O–H groups in total. The molecule has 1 aliphatic heterocycles. The van der Waals surface area contributed by atoms with Crippen LogP contribution in [0.2, 0.25) is 0 Å². The third-order valence-electron chi connectivity index (χ3n) is 2.69. The molecule has 0 aliphatic carbocycles. The van der Waals surface area contributed by atoms with Gasteiger partial charge in [-0.25, -0.2) is 0 Å². The average molecular weight is 316 g/mol. The minimum absolute atomic E-state index is 0.0949. The molecule has 1 aromatic carbocycles. The first-order valence-corrected chi connectivity index (χ1v) is 6.25. The summed E-state index contributed by atoms with van der Waals surface area (Å²) in [6.07, 6.45) is 0. The topological polar surface area (TPSA) is 56.8 Å². The van der Waals surface area contributed by atoms with E-state index in [1.54, 1.807) is 19.2 Å². The molecule has 0 bridgehead atoms. The van der Waals surface area contributed by atoms with Gasteiger partial charge < -0.3 is 19.5 Å². The van der Waals surface area contributed by atoms with Crippen molar-refractivity contribution in [1.29, 1.82) is 0 Å². The molecule has 0 atom stereocenters. The Morgan fingerprint density at radius 3 is 2.44 bits per heavy atom. The predicted molar refractivity (Wildman–Crippen MR) is 69.3 cm³/mol. The number of amides is 1. The van der Waals surface area contributed by atoms with Crippen LogP contribution in [-0.4, -0.2) is 39.4 Å². The van der Waals surface area contributed by atoms with Crippen LogP contribution < -0.4 is 14.8 Å². The second-order valence-electron chi connectivity index (χ2n) is 3.89. The fraction of sp³-hybridized carbons (Fsp3) is 0.417. The van der Waals surface area contributed by atoms with Gasteiger partial charge in [-0.3, -0.25) is 4.79 Å². The van der Waals surface area contributed by atoms with Gasteiger partial charge in [0.15, 0.2) is 11.5 Å². The van der Waals surface area contributed by atoms with Crippen LogP contribution in [-0.2, 0) is 4.74 Å². The highest BCUT2D eigenvalue weighted by Crippen LogP contribution is 2.33. The number of ether oxygens (including phenoxy) is 3. The van der Waals surface area contributed by atoms with Crippen LogP contribution in [0.25, 0.3) is 0 Å². The number of rotatable bonds is 4. The first-order valence-electron chi connectivity index (χ1n) is 5.46. The molecule has 0 unspecified atom stereocenters. The molecule has 1 fully saturated rings. The molecule has 1 aromatic rings. The van der Waals surface area contributed by atoms with E-state index in [2.05, 4.69) is 21.2 Å². The smallest absolute Gasteiger partial charge is 0.252 e. The Kier molecular flexibility index (Phi) is 4.08. The van der Waals surface area contributed by atoms with Gasteiger partial charge in [0.25, 0.3) is 5.91 Å². The Hall–Kier alpha value is -1.27. The van der Waals surface area contributed by atoms with Crippen LogP contribution in [0.4, 0.5) is 0 Å². The van der Waals surface area contributed by atoms with Crippen molar-refractivity contribution in [2.75, 3.05) is 27.4 Å². The number of carbonyl (C=O) groups excluding carboxylic acids is 1. The lowest BCUT2D eigenvalue weighted by Gasteiger charge is -2.27. The summed E-state index contributed by atoms with van der Waals surface area (Å²) < 4.78 is 16.0. The highest BCUT2D eigenvalue weighted by atomic mass is 79.9. The third kappa shape index (κ3) is 2.59. The van der Waals surface area contributed by atoms with Gasteiger partial charge in [0.2, 0.25) is 0 Å². The van der Waals surface area contributed by atoms with Crippen molar-refractivity contribution in [3.05, 3.63) is 22.2 Å². The van der Waals surface area contributed by atoms with Crippen LogP contribution in [0, 0.1) is 0 Å². The van der Waals surface area contributed by atoms with E-state index in [1.165, 1.54) is 7.11 Å². The quantitative estimate of drug-likeness (QED) is 0.917. The highest BCUT2D eigenvalue weighted by molar-refractivity contribution is 9.10. The molecule has 1 saturated heterocycles. The van der Waals surface area contributed by atoms with E-state index in [-0.39, 0.29) is 11.9 Å². The number of nitrogens with one attached hydrogen (secondary N) is 1. The maximum absolute atomic E-state index is 12.0. The summed E-state index contributed by atoms with van der Waals surface area (Å²) >= 11 is 3.35. The Labute approximate surface area is 114 Å². The lowest BCUT2D eigenvalue weighted by Crippen LogP contribution is -2.48. The zero-order valence-electron chi connectivity index (χ0n) is 10.2. The normalized spacial score (nSPS) is 14.8. The van der Waals surface area contributed by atoms with Crippen molar-refractivity contribution in [1.82, 2.24) is 5.32 Å². The van der Waals surface area contributed by atoms with E-state index in [1.807, 2.05) is 0 Å². The summed E-state index contributed by atoms with van der Waals surface area (Å²) in [4.78, 5) is 12.0. The molecule has 0 aromatic heterocycles. The second kappa shape index (κ2) is 5.58.